The zero-order valence-electron chi connectivity index (χ0n) is 21.2. The normalized spacial score (nSPS) is 16.5. The molecule has 178 valence electrons. The summed E-state index contributed by atoms with van der Waals surface area (Å²) in [7, 11) is -4.61. The Balaban J connectivity index is 2.48. The van der Waals surface area contributed by atoms with Gasteiger partial charge < -0.3 is 4.57 Å². The fourth-order valence-electron chi connectivity index (χ4n) is 6.04. The van der Waals surface area contributed by atoms with Crippen LogP contribution < -0.4 is 0 Å². The number of urea groups is 1. The van der Waals surface area contributed by atoms with E-state index in [2.05, 4.69) is 46.1 Å². The number of benzene rings is 2. The van der Waals surface area contributed by atoms with Crippen molar-refractivity contribution in [2.24, 2.45) is 0 Å². The predicted molar refractivity (Wildman–Crippen MR) is 142 cm³/mol. The lowest BCUT2D eigenvalue weighted by atomic mass is 9.83. The summed E-state index contributed by atoms with van der Waals surface area (Å²) in [5.74, 6) is -0.0191. The van der Waals surface area contributed by atoms with Crippen molar-refractivity contribution >= 4 is 28.4 Å². The van der Waals surface area contributed by atoms with Gasteiger partial charge in [0, 0.05) is 0 Å². The van der Waals surface area contributed by atoms with Crippen molar-refractivity contribution in [3.63, 3.8) is 0 Å². The number of nitrogens with zero attached hydrogens (tertiary/aromatic N) is 2. The van der Waals surface area contributed by atoms with Crippen LogP contribution in [0.1, 0.15) is 52.7 Å². The topological polar surface area (TPSA) is 40.6 Å². The smallest absolute Gasteiger partial charge is 0.311 e. The van der Waals surface area contributed by atoms with Gasteiger partial charge in [-0.3, -0.25) is 9.36 Å². The minimum absolute atomic E-state index is 0.0191. The SMILES string of the molecule is CC[Si](CC)(CC)N1C(=O)N([Si](CC)(CC)CC)C(c2ccccc2)(c2ccccc2)C1=O. The van der Waals surface area contributed by atoms with E-state index in [1.807, 2.05) is 65.2 Å². The van der Waals surface area contributed by atoms with Crippen LogP contribution in [0.25, 0.3) is 0 Å². The summed E-state index contributed by atoms with van der Waals surface area (Å²) in [5.41, 5.74) is 0.733. The Morgan fingerprint density at radius 1 is 0.606 bits per heavy atom. The lowest BCUT2D eigenvalue weighted by molar-refractivity contribution is -0.128. The standard InChI is InChI=1S/C27H40N2O2Si2/c1-7-32(8-2,9-3)28-25(30)27(23-19-15-13-16-20-23,24-21-17-14-18-22-24)29(26(28)31)33(10-4,11-5)12-6/h13-22H,7-12H2,1-6H3. The van der Waals surface area contributed by atoms with Crippen LogP contribution in [0.4, 0.5) is 4.79 Å². The van der Waals surface area contributed by atoms with Crippen LogP contribution in [-0.4, -0.2) is 37.5 Å². The molecule has 2 aromatic rings. The molecule has 1 aliphatic heterocycles. The average Bonchev–Trinajstić information content (AvgIpc) is 3.12. The van der Waals surface area contributed by atoms with Gasteiger partial charge in [0.1, 0.15) is 0 Å². The van der Waals surface area contributed by atoms with Gasteiger partial charge in [-0.25, -0.2) is 4.79 Å². The van der Waals surface area contributed by atoms with Crippen LogP contribution >= 0.6 is 0 Å². The summed E-state index contributed by atoms with van der Waals surface area (Å²) in [5, 5.41) is 0. The van der Waals surface area contributed by atoms with Gasteiger partial charge in [-0.15, -0.1) is 0 Å². The average molecular weight is 481 g/mol. The van der Waals surface area contributed by atoms with Gasteiger partial charge in [-0.2, -0.15) is 0 Å². The molecule has 1 saturated heterocycles. The van der Waals surface area contributed by atoms with Crippen molar-refractivity contribution in [2.75, 3.05) is 0 Å². The maximum Gasteiger partial charge on any atom is 0.311 e. The Labute approximate surface area is 202 Å². The van der Waals surface area contributed by atoms with E-state index in [-0.39, 0.29) is 11.9 Å². The number of hydrogen-bond donors (Lipinski definition) is 0. The number of carbonyl (C=O) groups excluding carboxylic acids is 2. The van der Waals surface area contributed by atoms with Crippen molar-refractivity contribution in [1.82, 2.24) is 9.13 Å². The molecular formula is C27H40N2O2Si2. The first-order valence-corrected chi connectivity index (χ1v) is 17.8. The first-order chi connectivity index (χ1) is 15.9. The zero-order chi connectivity index (χ0) is 24.3. The van der Waals surface area contributed by atoms with E-state index in [0.717, 1.165) is 47.4 Å². The van der Waals surface area contributed by atoms with E-state index in [0.29, 0.717) is 0 Å². The minimum atomic E-state index is -2.31. The van der Waals surface area contributed by atoms with Crippen molar-refractivity contribution in [2.45, 2.75) is 83.3 Å². The van der Waals surface area contributed by atoms with E-state index in [1.165, 1.54) is 0 Å². The molecule has 0 radical (unpaired) electrons. The van der Waals surface area contributed by atoms with Gasteiger partial charge in [0.25, 0.3) is 5.91 Å². The van der Waals surface area contributed by atoms with Crippen LogP contribution in [0.5, 0.6) is 0 Å². The van der Waals surface area contributed by atoms with Crippen LogP contribution in [0, 0.1) is 0 Å². The molecule has 1 heterocycles. The van der Waals surface area contributed by atoms with Crippen molar-refractivity contribution in [3.05, 3.63) is 71.8 Å². The summed E-state index contributed by atoms with van der Waals surface area (Å²) >= 11 is 0. The summed E-state index contributed by atoms with van der Waals surface area (Å²) in [6.07, 6.45) is 0. The van der Waals surface area contributed by atoms with Crippen molar-refractivity contribution in [3.8, 4) is 0 Å². The van der Waals surface area contributed by atoms with E-state index in [1.54, 1.807) is 0 Å². The Hall–Kier alpha value is -2.19. The maximum absolute atomic E-state index is 14.9. The summed E-state index contributed by atoms with van der Waals surface area (Å²) in [4.78, 5) is 29.5. The van der Waals surface area contributed by atoms with Crippen LogP contribution in [0.15, 0.2) is 60.7 Å². The van der Waals surface area contributed by atoms with Crippen molar-refractivity contribution < 1.29 is 9.59 Å². The monoisotopic (exact) mass is 480 g/mol. The van der Waals surface area contributed by atoms with E-state index >= 15 is 0 Å². The van der Waals surface area contributed by atoms with Gasteiger partial charge >= 0.3 is 6.03 Å². The highest BCUT2D eigenvalue weighted by Crippen LogP contribution is 2.50. The third-order valence-corrected chi connectivity index (χ3v) is 19.2. The number of imide groups is 1. The lowest BCUT2D eigenvalue weighted by Gasteiger charge is -2.47. The molecule has 0 spiro atoms. The Morgan fingerprint density at radius 2 is 0.970 bits per heavy atom. The van der Waals surface area contributed by atoms with Crippen LogP contribution in [0.3, 0.4) is 0 Å². The molecule has 3 rings (SSSR count). The molecule has 3 amide bonds. The first-order valence-electron chi connectivity index (χ1n) is 12.7. The molecule has 4 nitrogen and oxygen atoms in total. The molecular weight excluding hydrogens is 440 g/mol. The highest BCUT2D eigenvalue weighted by Gasteiger charge is 2.67. The van der Waals surface area contributed by atoms with Gasteiger partial charge in [-0.05, 0) is 47.4 Å². The second kappa shape index (κ2) is 9.98. The zero-order valence-corrected chi connectivity index (χ0v) is 23.2. The molecule has 0 saturated carbocycles. The molecule has 1 aliphatic rings. The number of amides is 3. The number of hydrogen-bond acceptors (Lipinski definition) is 2. The Kier molecular flexibility index (Phi) is 7.69. The molecule has 6 heteroatoms. The minimum Gasteiger partial charge on any atom is -0.331 e. The number of rotatable bonds is 10. The highest BCUT2D eigenvalue weighted by molar-refractivity contribution is 6.85. The third kappa shape index (κ3) is 3.62. The molecule has 0 aromatic heterocycles. The fraction of sp³-hybridized carbons (Fsp3) is 0.481. The third-order valence-electron chi connectivity index (χ3n) is 8.51. The maximum atomic E-state index is 14.9. The first kappa shape index (κ1) is 25.4. The molecule has 0 atom stereocenters. The van der Waals surface area contributed by atoms with Gasteiger partial charge in [0.15, 0.2) is 22.0 Å². The molecule has 0 bridgehead atoms. The molecule has 2 aromatic carbocycles. The Morgan fingerprint density at radius 3 is 1.30 bits per heavy atom. The summed E-state index contributed by atoms with van der Waals surface area (Å²) < 4.78 is 3.96. The fourth-order valence-corrected chi connectivity index (χ4v) is 13.7. The molecule has 0 unspecified atom stereocenters. The second-order valence-electron chi connectivity index (χ2n) is 9.27. The van der Waals surface area contributed by atoms with Gasteiger partial charge in [0.05, 0.1) is 0 Å². The molecule has 0 N–H and O–H groups in total. The van der Waals surface area contributed by atoms with Crippen molar-refractivity contribution in [1.29, 1.82) is 0 Å². The van der Waals surface area contributed by atoms with Gasteiger partial charge in [-0.1, -0.05) is 102 Å². The largest absolute Gasteiger partial charge is 0.331 e. The lowest BCUT2D eigenvalue weighted by Crippen LogP contribution is -2.62. The molecule has 33 heavy (non-hydrogen) atoms. The Bertz CT molecular complexity index is 901. The van der Waals surface area contributed by atoms with E-state index in [9.17, 15) is 9.59 Å². The molecule has 0 aliphatic carbocycles. The van der Waals surface area contributed by atoms with Crippen LogP contribution in [-0.2, 0) is 10.3 Å². The van der Waals surface area contributed by atoms with E-state index in [4.69, 9.17) is 0 Å². The van der Waals surface area contributed by atoms with Crippen LogP contribution in [0.2, 0.25) is 36.3 Å². The summed E-state index contributed by atoms with van der Waals surface area (Å²) in [6, 6.07) is 25.6. The summed E-state index contributed by atoms with van der Waals surface area (Å²) in [6.45, 7) is 13.1. The second-order valence-corrected chi connectivity index (χ2v) is 19.3. The molecule has 1 fully saturated rings. The van der Waals surface area contributed by atoms with E-state index < -0.39 is 22.0 Å². The highest BCUT2D eigenvalue weighted by atomic mass is 28.3. The predicted octanol–water partition coefficient (Wildman–Crippen LogP) is 7.20. The van der Waals surface area contributed by atoms with Gasteiger partial charge in [0.2, 0.25) is 0 Å². The number of carbonyl (C=O) groups is 2. The quantitative estimate of drug-likeness (QED) is 0.266.